The first-order chi connectivity index (χ1) is 14.4. The van der Waals surface area contributed by atoms with Crippen molar-refractivity contribution in [2.75, 3.05) is 5.32 Å². The first-order valence-corrected chi connectivity index (χ1v) is 10.0. The van der Waals surface area contributed by atoms with Crippen molar-refractivity contribution in [3.05, 3.63) is 76.3 Å². The Kier molecular flexibility index (Phi) is 5.50. The second-order valence-electron chi connectivity index (χ2n) is 7.49. The lowest BCUT2D eigenvalue weighted by molar-refractivity contribution is -0.121. The molecule has 1 aliphatic rings. The minimum atomic E-state index is -0.342. The van der Waals surface area contributed by atoms with Gasteiger partial charge in [-0.15, -0.1) is 0 Å². The van der Waals surface area contributed by atoms with Crippen molar-refractivity contribution in [1.29, 1.82) is 0 Å². The molecule has 0 unspecified atom stereocenters. The second-order valence-corrected chi connectivity index (χ2v) is 7.89. The summed E-state index contributed by atoms with van der Waals surface area (Å²) < 4.78 is 5.12. The number of aromatic nitrogens is 1. The molecule has 0 spiro atoms. The fraction of sp³-hybridized carbons (Fsp3) is 0.217. The zero-order valence-electron chi connectivity index (χ0n) is 16.6. The monoisotopic (exact) mass is 421 g/mol. The smallest absolute Gasteiger partial charge is 0.291 e. The van der Waals surface area contributed by atoms with E-state index in [0.29, 0.717) is 29.4 Å². The number of nitrogens with one attached hydrogen (secondary N) is 1. The van der Waals surface area contributed by atoms with Gasteiger partial charge < -0.3 is 9.73 Å². The molecule has 0 bridgehead atoms. The second kappa shape index (κ2) is 8.24. The van der Waals surface area contributed by atoms with Gasteiger partial charge in [0.05, 0.1) is 12.0 Å². The summed E-state index contributed by atoms with van der Waals surface area (Å²) in [7, 11) is 0. The van der Waals surface area contributed by atoms with Crippen LogP contribution >= 0.6 is 11.6 Å². The molecule has 3 aromatic rings. The summed E-state index contributed by atoms with van der Waals surface area (Å²) in [6.07, 6.45) is 4.07. The molecule has 0 radical (unpaired) electrons. The summed E-state index contributed by atoms with van der Waals surface area (Å²) in [5, 5.41) is 3.33. The number of hydrogen-bond acceptors (Lipinski definition) is 5. The number of anilines is 1. The number of halogens is 1. The fourth-order valence-corrected chi connectivity index (χ4v) is 3.44. The Morgan fingerprint density at radius 1 is 1.23 bits per heavy atom. The number of carbonyl (C=O) groups is 2. The van der Waals surface area contributed by atoms with Crippen LogP contribution in [0.5, 0.6) is 0 Å². The Balaban J connectivity index is 1.54. The van der Waals surface area contributed by atoms with E-state index >= 15 is 0 Å². The molecule has 4 rings (SSSR count). The molecule has 1 amide bonds. The number of nitrogens with zero attached hydrogens (tertiary/aromatic N) is 2. The Morgan fingerprint density at radius 3 is 2.80 bits per heavy atom. The molecular formula is C23H20ClN3O3. The van der Waals surface area contributed by atoms with E-state index in [9.17, 15) is 9.59 Å². The van der Waals surface area contributed by atoms with E-state index in [1.165, 1.54) is 6.26 Å². The Hall–Kier alpha value is -3.25. The van der Waals surface area contributed by atoms with Crippen molar-refractivity contribution in [2.24, 2.45) is 10.9 Å². The standard InChI is InChI=1S/C23H20ClN3O3/c1-13(2)20(28)9-14-8-15-10-19(27-22(15)25-12-14)17-11-16(5-6-18(17)24)26-23(29)21-4-3-7-30-21/h3-8,11-13H,9-10H2,1-2H3,(H,26,29). The van der Waals surface area contributed by atoms with Crippen LogP contribution < -0.4 is 5.32 Å². The maximum Gasteiger partial charge on any atom is 0.291 e. The first kappa shape index (κ1) is 20.0. The SMILES string of the molecule is CC(C)C(=O)Cc1cnc2c(c1)CC(c1cc(NC(=O)c3ccco3)ccc1Cl)=N2. The number of pyridine rings is 1. The largest absolute Gasteiger partial charge is 0.459 e. The molecule has 30 heavy (non-hydrogen) atoms. The molecule has 0 atom stereocenters. The molecule has 1 N–H and O–H groups in total. The van der Waals surface area contributed by atoms with Crippen LogP contribution in [0.4, 0.5) is 11.5 Å². The highest BCUT2D eigenvalue weighted by Crippen LogP contribution is 2.31. The van der Waals surface area contributed by atoms with E-state index in [4.69, 9.17) is 16.0 Å². The Morgan fingerprint density at radius 2 is 2.07 bits per heavy atom. The fourth-order valence-electron chi connectivity index (χ4n) is 3.21. The third-order valence-electron chi connectivity index (χ3n) is 4.90. The van der Waals surface area contributed by atoms with Crippen LogP contribution in [0, 0.1) is 5.92 Å². The van der Waals surface area contributed by atoms with Crippen molar-refractivity contribution in [1.82, 2.24) is 4.98 Å². The minimum absolute atomic E-state index is 0.0111. The predicted molar refractivity (Wildman–Crippen MR) is 116 cm³/mol. The average molecular weight is 422 g/mol. The van der Waals surface area contributed by atoms with Crippen LogP contribution in [0.2, 0.25) is 5.02 Å². The number of carbonyl (C=O) groups excluding carboxylic acids is 2. The van der Waals surface area contributed by atoms with Gasteiger partial charge in [-0.25, -0.2) is 9.98 Å². The summed E-state index contributed by atoms with van der Waals surface area (Å²) >= 11 is 6.41. The van der Waals surface area contributed by atoms with E-state index in [0.717, 1.165) is 22.4 Å². The highest BCUT2D eigenvalue weighted by Gasteiger charge is 2.21. The Labute approximate surface area is 179 Å². The highest BCUT2D eigenvalue weighted by atomic mass is 35.5. The molecule has 1 aromatic carbocycles. The van der Waals surface area contributed by atoms with Crippen molar-refractivity contribution < 1.29 is 14.0 Å². The number of aliphatic imine (C=N–C) groups is 1. The maximum absolute atomic E-state index is 12.2. The van der Waals surface area contributed by atoms with E-state index in [1.54, 1.807) is 36.5 Å². The molecule has 7 heteroatoms. The quantitative estimate of drug-likeness (QED) is 0.605. The summed E-state index contributed by atoms with van der Waals surface area (Å²) in [4.78, 5) is 33.3. The van der Waals surface area contributed by atoms with Crippen LogP contribution in [0.3, 0.4) is 0 Å². The number of fused-ring (bicyclic) bond motifs is 1. The van der Waals surface area contributed by atoms with E-state index < -0.39 is 0 Å². The number of Topliss-reactive ketones (excluding diaryl/α,β-unsaturated/α-hetero) is 1. The van der Waals surface area contributed by atoms with Gasteiger partial charge in [-0.3, -0.25) is 9.59 Å². The van der Waals surface area contributed by atoms with Crippen LogP contribution in [-0.2, 0) is 17.6 Å². The van der Waals surface area contributed by atoms with Gasteiger partial charge in [0.1, 0.15) is 5.78 Å². The zero-order chi connectivity index (χ0) is 21.3. The number of benzene rings is 1. The van der Waals surface area contributed by atoms with E-state index in [2.05, 4.69) is 15.3 Å². The van der Waals surface area contributed by atoms with Crippen molar-refractivity contribution in [3.63, 3.8) is 0 Å². The van der Waals surface area contributed by atoms with Gasteiger partial charge in [0.25, 0.3) is 5.91 Å². The average Bonchev–Trinajstić information content (AvgIpc) is 3.38. The number of ketones is 1. The Bertz CT molecular complexity index is 1150. The van der Waals surface area contributed by atoms with Gasteiger partial charge in [0.15, 0.2) is 11.6 Å². The topological polar surface area (TPSA) is 84.6 Å². The van der Waals surface area contributed by atoms with Crippen LogP contribution in [0.25, 0.3) is 0 Å². The van der Waals surface area contributed by atoms with Crippen LogP contribution in [0.15, 0.2) is 58.3 Å². The first-order valence-electron chi connectivity index (χ1n) is 9.63. The lowest BCUT2D eigenvalue weighted by Gasteiger charge is -2.08. The molecule has 0 fully saturated rings. The molecular weight excluding hydrogens is 402 g/mol. The molecule has 6 nitrogen and oxygen atoms in total. The van der Waals surface area contributed by atoms with Crippen molar-refractivity contribution >= 4 is 40.5 Å². The third-order valence-corrected chi connectivity index (χ3v) is 5.23. The number of rotatable bonds is 6. The summed E-state index contributed by atoms with van der Waals surface area (Å²) in [6.45, 7) is 3.79. The van der Waals surface area contributed by atoms with E-state index in [1.807, 2.05) is 19.9 Å². The zero-order valence-corrected chi connectivity index (χ0v) is 17.4. The minimum Gasteiger partial charge on any atom is -0.459 e. The molecule has 3 heterocycles. The van der Waals surface area contributed by atoms with Gasteiger partial charge in [0, 0.05) is 46.8 Å². The van der Waals surface area contributed by atoms with Gasteiger partial charge in [-0.1, -0.05) is 25.4 Å². The molecule has 0 saturated heterocycles. The lowest BCUT2D eigenvalue weighted by atomic mass is 9.99. The normalized spacial score (nSPS) is 12.6. The van der Waals surface area contributed by atoms with Crippen LogP contribution in [0.1, 0.15) is 41.1 Å². The summed E-state index contributed by atoms with van der Waals surface area (Å²) in [6, 6.07) is 10.5. The van der Waals surface area contributed by atoms with Crippen molar-refractivity contribution in [3.8, 4) is 0 Å². The molecule has 0 saturated carbocycles. The van der Waals surface area contributed by atoms with Crippen molar-refractivity contribution in [2.45, 2.75) is 26.7 Å². The number of hydrogen-bond donors (Lipinski definition) is 1. The molecule has 152 valence electrons. The highest BCUT2D eigenvalue weighted by molar-refractivity contribution is 6.34. The van der Waals surface area contributed by atoms with Gasteiger partial charge in [-0.05, 0) is 42.0 Å². The molecule has 0 aliphatic carbocycles. The van der Waals surface area contributed by atoms with Gasteiger partial charge in [-0.2, -0.15) is 0 Å². The van der Waals surface area contributed by atoms with Crippen LogP contribution in [-0.4, -0.2) is 22.4 Å². The lowest BCUT2D eigenvalue weighted by Crippen LogP contribution is -2.12. The number of furan rings is 1. The summed E-state index contributed by atoms with van der Waals surface area (Å²) in [5.41, 5.74) is 3.93. The predicted octanol–water partition coefficient (Wildman–Crippen LogP) is 5.02. The summed E-state index contributed by atoms with van der Waals surface area (Å²) in [5.74, 6) is 0.685. The van der Waals surface area contributed by atoms with E-state index in [-0.39, 0.29) is 23.4 Å². The van der Waals surface area contributed by atoms with Gasteiger partial charge in [0.2, 0.25) is 0 Å². The third kappa shape index (κ3) is 4.19. The number of amides is 1. The molecule has 1 aliphatic heterocycles. The molecule has 2 aromatic heterocycles. The van der Waals surface area contributed by atoms with Gasteiger partial charge >= 0.3 is 0 Å². The maximum atomic E-state index is 12.2.